The first-order chi connectivity index (χ1) is 14.4. The molecule has 0 aromatic carbocycles. The van der Waals surface area contributed by atoms with Gasteiger partial charge in [-0.15, -0.1) is 34.2 Å². The van der Waals surface area contributed by atoms with Crippen LogP contribution in [0.15, 0.2) is 4.99 Å². The third-order valence-corrected chi connectivity index (χ3v) is 5.44. The van der Waals surface area contributed by atoms with Gasteiger partial charge in [0.2, 0.25) is 0 Å². The lowest BCUT2D eigenvalue weighted by Gasteiger charge is -2.12. The average molecular weight is 534 g/mol. The van der Waals surface area contributed by atoms with E-state index in [1.54, 1.807) is 0 Å². The van der Waals surface area contributed by atoms with Crippen LogP contribution in [0, 0.1) is 0 Å². The van der Waals surface area contributed by atoms with E-state index in [1.807, 2.05) is 0 Å². The number of aliphatic imine (C=N–C) groups is 1. The molecule has 2 aliphatic rings. The first kappa shape index (κ1) is 25.3. The zero-order valence-corrected chi connectivity index (χ0v) is 20.7. The van der Waals surface area contributed by atoms with Crippen molar-refractivity contribution >= 4 is 29.9 Å². The van der Waals surface area contributed by atoms with Crippen LogP contribution in [0.1, 0.15) is 63.5 Å². The van der Waals surface area contributed by atoms with Crippen molar-refractivity contribution in [1.29, 1.82) is 0 Å². The summed E-state index contributed by atoms with van der Waals surface area (Å²) in [4.78, 5) is 4.70. The Bertz CT molecular complexity index is 619. The minimum Gasteiger partial charge on any atom is -0.379 e. The summed E-state index contributed by atoms with van der Waals surface area (Å²) in [5.74, 6) is 3.17. The van der Waals surface area contributed by atoms with Gasteiger partial charge < -0.3 is 24.7 Å². The van der Waals surface area contributed by atoms with Gasteiger partial charge in [-0.3, -0.25) is 4.99 Å². The van der Waals surface area contributed by atoms with Gasteiger partial charge in [-0.05, 0) is 45.4 Å². The highest BCUT2D eigenvalue weighted by Gasteiger charge is 2.15. The van der Waals surface area contributed by atoms with E-state index < -0.39 is 0 Å². The highest BCUT2D eigenvalue weighted by molar-refractivity contribution is 14.0. The van der Waals surface area contributed by atoms with E-state index in [1.165, 1.54) is 19.3 Å². The summed E-state index contributed by atoms with van der Waals surface area (Å²) in [6, 6.07) is 0. The van der Waals surface area contributed by atoms with E-state index in [4.69, 9.17) is 14.5 Å². The number of aryl methyl sites for hydroxylation is 2. The van der Waals surface area contributed by atoms with Crippen LogP contribution >= 0.6 is 24.0 Å². The van der Waals surface area contributed by atoms with Crippen molar-refractivity contribution in [2.75, 3.05) is 39.5 Å². The lowest BCUT2D eigenvalue weighted by molar-refractivity contribution is 0.0168. The highest BCUT2D eigenvalue weighted by Crippen LogP contribution is 2.15. The number of hydrogen-bond donors (Lipinski definition) is 2. The number of fused-ring (bicyclic) bond motifs is 1. The molecule has 0 aliphatic carbocycles. The van der Waals surface area contributed by atoms with Gasteiger partial charge in [-0.2, -0.15) is 0 Å². The normalized spacial score (nSPS) is 19.1. The Hall–Kier alpha value is -0.940. The van der Waals surface area contributed by atoms with Gasteiger partial charge in [0.15, 0.2) is 5.96 Å². The standard InChI is InChI=1S/C21H38N6O2.HI/c1-2-22-21(24-13-8-15-28-17-18-9-7-16-29-18)23-12-6-11-20-26-25-19-10-4-3-5-14-27(19)20;/h18H,2-17H2,1H3,(H2,22,23,24);1H. The molecule has 1 aromatic rings. The fourth-order valence-corrected chi connectivity index (χ4v) is 3.87. The maximum Gasteiger partial charge on any atom is 0.191 e. The Labute approximate surface area is 198 Å². The first-order valence-electron chi connectivity index (χ1n) is 11.5. The summed E-state index contributed by atoms with van der Waals surface area (Å²) >= 11 is 0. The van der Waals surface area contributed by atoms with Gasteiger partial charge in [0.05, 0.1) is 12.7 Å². The van der Waals surface area contributed by atoms with Crippen LogP contribution in [0.3, 0.4) is 0 Å². The van der Waals surface area contributed by atoms with Crippen molar-refractivity contribution in [1.82, 2.24) is 25.4 Å². The van der Waals surface area contributed by atoms with Gasteiger partial charge in [0.25, 0.3) is 0 Å². The van der Waals surface area contributed by atoms with Crippen molar-refractivity contribution in [3.63, 3.8) is 0 Å². The molecule has 1 saturated heterocycles. The molecule has 3 rings (SSSR count). The van der Waals surface area contributed by atoms with Crippen LogP contribution < -0.4 is 10.6 Å². The summed E-state index contributed by atoms with van der Waals surface area (Å²) in [6.45, 7) is 8.02. The lowest BCUT2D eigenvalue weighted by atomic mass is 10.2. The molecule has 172 valence electrons. The number of aromatic nitrogens is 3. The zero-order valence-electron chi connectivity index (χ0n) is 18.4. The number of halogens is 1. The van der Waals surface area contributed by atoms with Crippen molar-refractivity contribution in [3.05, 3.63) is 11.6 Å². The summed E-state index contributed by atoms with van der Waals surface area (Å²) < 4.78 is 13.6. The van der Waals surface area contributed by atoms with E-state index in [2.05, 4.69) is 32.3 Å². The molecule has 30 heavy (non-hydrogen) atoms. The molecule has 0 bridgehead atoms. The number of rotatable bonds is 11. The molecular formula is C21H39IN6O2. The second-order valence-electron chi connectivity index (χ2n) is 7.85. The summed E-state index contributed by atoms with van der Waals surface area (Å²) in [6.07, 6.45) is 10.3. The van der Waals surface area contributed by atoms with Crippen LogP contribution in [0.2, 0.25) is 0 Å². The smallest absolute Gasteiger partial charge is 0.191 e. The molecule has 1 fully saturated rings. The Morgan fingerprint density at radius 2 is 2.13 bits per heavy atom. The van der Waals surface area contributed by atoms with Crippen molar-refractivity contribution < 1.29 is 9.47 Å². The Balaban J connectivity index is 0.00000320. The fourth-order valence-electron chi connectivity index (χ4n) is 3.87. The average Bonchev–Trinajstić information content (AvgIpc) is 3.32. The Morgan fingerprint density at radius 1 is 1.20 bits per heavy atom. The van der Waals surface area contributed by atoms with Gasteiger partial charge in [0.1, 0.15) is 11.6 Å². The summed E-state index contributed by atoms with van der Waals surface area (Å²) in [5.41, 5.74) is 0. The third-order valence-electron chi connectivity index (χ3n) is 5.44. The molecule has 8 nitrogen and oxygen atoms in total. The molecule has 0 saturated carbocycles. The van der Waals surface area contributed by atoms with Crippen LogP contribution in [0.5, 0.6) is 0 Å². The second-order valence-corrected chi connectivity index (χ2v) is 7.85. The Kier molecular flexibility index (Phi) is 12.6. The minimum absolute atomic E-state index is 0. The van der Waals surface area contributed by atoms with Gasteiger partial charge in [-0.25, -0.2) is 0 Å². The van der Waals surface area contributed by atoms with Gasteiger partial charge in [-0.1, -0.05) is 6.42 Å². The maximum atomic E-state index is 5.71. The molecule has 0 radical (unpaired) electrons. The number of hydrogen-bond acceptors (Lipinski definition) is 5. The van der Waals surface area contributed by atoms with Crippen LogP contribution in [0.4, 0.5) is 0 Å². The van der Waals surface area contributed by atoms with Crippen LogP contribution in [-0.4, -0.2) is 66.3 Å². The van der Waals surface area contributed by atoms with E-state index in [0.29, 0.717) is 6.10 Å². The third kappa shape index (κ3) is 8.66. The first-order valence-corrected chi connectivity index (χ1v) is 11.5. The number of guanidine groups is 1. The van der Waals surface area contributed by atoms with E-state index >= 15 is 0 Å². The topological polar surface area (TPSA) is 85.6 Å². The van der Waals surface area contributed by atoms with E-state index in [0.717, 1.165) is 102 Å². The maximum absolute atomic E-state index is 5.71. The van der Waals surface area contributed by atoms with Crippen molar-refractivity contribution in [2.24, 2.45) is 4.99 Å². The molecule has 3 heterocycles. The molecule has 1 atom stereocenters. The van der Waals surface area contributed by atoms with E-state index in [9.17, 15) is 0 Å². The number of nitrogens with one attached hydrogen (secondary N) is 2. The molecule has 0 amide bonds. The number of ether oxygens (including phenoxy) is 2. The molecule has 2 aliphatic heterocycles. The molecule has 9 heteroatoms. The zero-order chi connectivity index (χ0) is 20.2. The summed E-state index contributed by atoms with van der Waals surface area (Å²) in [5, 5.41) is 15.5. The molecule has 0 spiro atoms. The predicted octanol–water partition coefficient (Wildman–Crippen LogP) is 2.70. The monoisotopic (exact) mass is 534 g/mol. The van der Waals surface area contributed by atoms with Crippen molar-refractivity contribution in [2.45, 2.75) is 77.4 Å². The predicted molar refractivity (Wildman–Crippen MR) is 130 cm³/mol. The number of nitrogens with zero attached hydrogens (tertiary/aromatic N) is 4. The fraction of sp³-hybridized carbons (Fsp3) is 0.857. The highest BCUT2D eigenvalue weighted by atomic mass is 127. The minimum atomic E-state index is 0. The quantitative estimate of drug-likeness (QED) is 0.197. The summed E-state index contributed by atoms with van der Waals surface area (Å²) in [7, 11) is 0. The molecule has 1 aromatic heterocycles. The van der Waals surface area contributed by atoms with Crippen LogP contribution in [-0.2, 0) is 28.9 Å². The van der Waals surface area contributed by atoms with E-state index in [-0.39, 0.29) is 24.0 Å². The van der Waals surface area contributed by atoms with Gasteiger partial charge >= 0.3 is 0 Å². The molecule has 2 N–H and O–H groups in total. The molecule has 1 unspecified atom stereocenters. The largest absolute Gasteiger partial charge is 0.379 e. The molecular weight excluding hydrogens is 495 g/mol. The van der Waals surface area contributed by atoms with Crippen LogP contribution in [0.25, 0.3) is 0 Å². The SMILES string of the molecule is CCNC(=NCCCc1nnc2n1CCCCC2)NCCCOCC1CCCO1.I. The second kappa shape index (κ2) is 15.0. The van der Waals surface area contributed by atoms with Gasteiger partial charge in [0, 0.05) is 52.2 Å². The lowest BCUT2D eigenvalue weighted by Crippen LogP contribution is -2.38. The Morgan fingerprint density at radius 3 is 2.97 bits per heavy atom. The van der Waals surface area contributed by atoms with Crippen molar-refractivity contribution in [3.8, 4) is 0 Å².